The monoisotopic (exact) mass is 167 g/mol. The molecule has 0 aliphatic heterocycles. The van der Waals surface area contributed by atoms with Crippen LogP contribution in [0.2, 0.25) is 0 Å². The second-order valence-corrected chi connectivity index (χ2v) is 1.64. The van der Waals surface area contributed by atoms with E-state index in [4.69, 9.17) is 5.11 Å². The molecule has 54 valence electrons. The van der Waals surface area contributed by atoms with Crippen LogP contribution < -0.4 is 6.15 Å². The van der Waals surface area contributed by atoms with E-state index >= 15 is 0 Å². The first-order valence-corrected chi connectivity index (χ1v) is 2.58. The average molecular weight is 167 g/mol. The summed E-state index contributed by atoms with van der Waals surface area (Å²) in [6, 6.07) is 9.52. The van der Waals surface area contributed by atoms with Gasteiger partial charge in [0.25, 0.3) is 0 Å². The van der Waals surface area contributed by atoms with Crippen molar-refractivity contribution in [2.24, 2.45) is 0 Å². The van der Waals surface area contributed by atoms with E-state index in [1.807, 2.05) is 30.3 Å². The molecule has 1 rings (SSSR count). The van der Waals surface area contributed by atoms with Crippen LogP contribution in [0.4, 0.5) is 0 Å². The summed E-state index contributed by atoms with van der Waals surface area (Å²) in [5.41, 5.74) is 0.965. The predicted octanol–water partition coefficient (Wildman–Crippen LogP) is 0.425. The standard InChI is InChI=1S/C7H8O.Ca.H3N.2H/c8-6-7-4-2-1-3-5-7;;;;/h1-5,8H,6H2;;1H3;;. The van der Waals surface area contributed by atoms with E-state index < -0.39 is 0 Å². The molecule has 3 heteroatoms. The number of hydrogen-bond donors (Lipinski definition) is 2. The molecule has 0 fully saturated rings. The van der Waals surface area contributed by atoms with Gasteiger partial charge in [-0.2, -0.15) is 0 Å². The molecule has 0 aliphatic rings. The van der Waals surface area contributed by atoms with Crippen LogP contribution in [0.15, 0.2) is 30.3 Å². The summed E-state index contributed by atoms with van der Waals surface area (Å²) in [6.45, 7) is 0.140. The Bertz CT molecular complexity index is 155. The maximum atomic E-state index is 8.54. The Morgan fingerprint density at radius 2 is 1.60 bits per heavy atom. The summed E-state index contributed by atoms with van der Waals surface area (Å²) in [7, 11) is 0. The van der Waals surface area contributed by atoms with Gasteiger partial charge in [0.15, 0.2) is 0 Å². The third kappa shape index (κ3) is 4.25. The normalized spacial score (nSPS) is 7.30. The third-order valence-electron chi connectivity index (χ3n) is 1.03. The van der Waals surface area contributed by atoms with Gasteiger partial charge in [0, 0.05) is 0 Å². The Morgan fingerprint density at radius 1 is 1.10 bits per heavy atom. The van der Waals surface area contributed by atoms with Crippen LogP contribution >= 0.6 is 0 Å². The molecule has 1 aromatic carbocycles. The number of aliphatic hydroxyl groups excluding tert-OH is 1. The van der Waals surface area contributed by atoms with Crippen molar-refractivity contribution in [1.29, 1.82) is 0 Å². The fourth-order valence-electron chi connectivity index (χ4n) is 0.583. The molecule has 0 radical (unpaired) electrons. The fraction of sp³-hybridized carbons (Fsp3) is 0.143. The van der Waals surface area contributed by atoms with Crippen molar-refractivity contribution in [2.75, 3.05) is 0 Å². The van der Waals surface area contributed by atoms with E-state index in [2.05, 4.69) is 0 Å². The third-order valence-corrected chi connectivity index (χ3v) is 1.03. The summed E-state index contributed by atoms with van der Waals surface area (Å²) >= 11 is 0. The van der Waals surface area contributed by atoms with Crippen LogP contribution in [0, 0.1) is 0 Å². The Morgan fingerprint density at radius 3 is 1.90 bits per heavy atom. The average Bonchev–Trinajstić information content (AvgIpc) is 1.90. The number of benzene rings is 1. The first kappa shape index (κ1) is 13.0. The van der Waals surface area contributed by atoms with Gasteiger partial charge in [-0.3, -0.25) is 0 Å². The second kappa shape index (κ2) is 7.51. The summed E-state index contributed by atoms with van der Waals surface area (Å²) in [5, 5.41) is 8.54. The van der Waals surface area contributed by atoms with Gasteiger partial charge in [0.1, 0.15) is 0 Å². The van der Waals surface area contributed by atoms with Crippen LogP contribution in [0.3, 0.4) is 0 Å². The molecule has 4 N–H and O–H groups in total. The van der Waals surface area contributed by atoms with Crippen molar-refractivity contribution in [3.8, 4) is 0 Å². The SMILES string of the molecule is N.OCc1ccccc1.[CaH2]. The molecule has 2 nitrogen and oxygen atoms in total. The Kier molecular flexibility index (Phi) is 9.78. The van der Waals surface area contributed by atoms with Crippen molar-refractivity contribution in [2.45, 2.75) is 6.61 Å². The van der Waals surface area contributed by atoms with E-state index in [9.17, 15) is 0 Å². The van der Waals surface area contributed by atoms with E-state index in [1.165, 1.54) is 0 Å². The predicted molar refractivity (Wildman–Crippen MR) is 45.9 cm³/mol. The molecular formula is C7H13CaNO. The van der Waals surface area contributed by atoms with Gasteiger partial charge in [-0.05, 0) is 5.56 Å². The van der Waals surface area contributed by atoms with Gasteiger partial charge in [-0.1, -0.05) is 30.3 Å². The summed E-state index contributed by atoms with van der Waals surface area (Å²) in [5.74, 6) is 0. The van der Waals surface area contributed by atoms with E-state index in [0.29, 0.717) is 0 Å². The van der Waals surface area contributed by atoms with Gasteiger partial charge in [-0.15, -0.1) is 0 Å². The number of rotatable bonds is 1. The first-order chi connectivity index (χ1) is 3.93. The molecule has 1 aromatic rings. The van der Waals surface area contributed by atoms with Crippen molar-refractivity contribution in [1.82, 2.24) is 6.15 Å². The van der Waals surface area contributed by atoms with Gasteiger partial charge in [0.2, 0.25) is 0 Å². The van der Waals surface area contributed by atoms with Crippen molar-refractivity contribution in [3.05, 3.63) is 35.9 Å². The molecule has 0 bridgehead atoms. The molecule has 0 unspecified atom stereocenters. The zero-order valence-electron chi connectivity index (χ0n) is 5.25. The molecule has 0 aliphatic carbocycles. The Hall–Kier alpha value is 0.400. The summed E-state index contributed by atoms with van der Waals surface area (Å²) < 4.78 is 0. The summed E-state index contributed by atoms with van der Waals surface area (Å²) in [4.78, 5) is 0. The zero-order chi connectivity index (χ0) is 5.82. The van der Waals surface area contributed by atoms with Crippen molar-refractivity contribution in [3.63, 3.8) is 0 Å². The van der Waals surface area contributed by atoms with E-state index in [-0.39, 0.29) is 50.5 Å². The topological polar surface area (TPSA) is 55.2 Å². The Balaban J connectivity index is 0. The van der Waals surface area contributed by atoms with E-state index in [1.54, 1.807) is 0 Å². The van der Waals surface area contributed by atoms with Gasteiger partial charge < -0.3 is 11.3 Å². The van der Waals surface area contributed by atoms with Gasteiger partial charge >= 0.3 is 37.7 Å². The van der Waals surface area contributed by atoms with Crippen molar-refractivity contribution < 1.29 is 5.11 Å². The minimum absolute atomic E-state index is 0. The molecule has 10 heavy (non-hydrogen) atoms. The molecule has 0 aromatic heterocycles. The van der Waals surface area contributed by atoms with Crippen LogP contribution in [-0.2, 0) is 6.61 Å². The van der Waals surface area contributed by atoms with Gasteiger partial charge in [-0.25, -0.2) is 0 Å². The number of aliphatic hydroxyl groups is 1. The van der Waals surface area contributed by atoms with Crippen molar-refractivity contribution >= 4 is 37.7 Å². The van der Waals surface area contributed by atoms with Gasteiger partial charge in [0.05, 0.1) is 6.61 Å². The minimum atomic E-state index is 0. The molecule has 0 saturated heterocycles. The fourth-order valence-corrected chi connectivity index (χ4v) is 0.583. The molecule has 0 saturated carbocycles. The maximum absolute atomic E-state index is 8.54. The molecular weight excluding hydrogens is 154 g/mol. The molecule has 0 amide bonds. The van der Waals surface area contributed by atoms with E-state index in [0.717, 1.165) is 5.56 Å². The molecule has 0 heterocycles. The number of hydrogen-bond acceptors (Lipinski definition) is 2. The zero-order valence-corrected chi connectivity index (χ0v) is 5.25. The second-order valence-electron chi connectivity index (χ2n) is 1.64. The molecule has 0 spiro atoms. The Labute approximate surface area is 90.8 Å². The van der Waals surface area contributed by atoms with Crippen LogP contribution in [0.1, 0.15) is 5.56 Å². The van der Waals surface area contributed by atoms with Crippen LogP contribution in [0.5, 0.6) is 0 Å². The summed E-state index contributed by atoms with van der Waals surface area (Å²) in [6.07, 6.45) is 0. The first-order valence-electron chi connectivity index (χ1n) is 2.58. The quantitative estimate of drug-likeness (QED) is 0.596. The molecule has 0 atom stereocenters. The van der Waals surface area contributed by atoms with Crippen LogP contribution in [0.25, 0.3) is 0 Å². The van der Waals surface area contributed by atoms with Crippen LogP contribution in [-0.4, -0.2) is 42.8 Å².